The maximum Gasteiger partial charge on any atom is 0.243 e. The summed E-state index contributed by atoms with van der Waals surface area (Å²) in [5.41, 5.74) is 1.45. The Morgan fingerprint density at radius 2 is 1.90 bits per heavy atom. The van der Waals surface area contributed by atoms with Crippen LogP contribution in [-0.2, 0) is 16.6 Å². The molecule has 0 aliphatic heterocycles. The monoisotopic (exact) mass is 371 g/mol. The first-order valence-electron chi connectivity index (χ1n) is 6.27. The van der Waals surface area contributed by atoms with Crippen molar-refractivity contribution in [1.29, 1.82) is 0 Å². The third-order valence-electron chi connectivity index (χ3n) is 3.13. The van der Waals surface area contributed by atoms with Gasteiger partial charge in [0, 0.05) is 18.1 Å². The normalized spacial score (nSPS) is 11.9. The fourth-order valence-electron chi connectivity index (χ4n) is 1.93. The quantitative estimate of drug-likeness (QED) is 0.821. The van der Waals surface area contributed by atoms with Gasteiger partial charge in [-0.15, -0.1) is 0 Å². The van der Waals surface area contributed by atoms with E-state index in [2.05, 4.69) is 15.9 Å². The molecule has 0 spiro atoms. The third-order valence-corrected chi connectivity index (χ3v) is 5.82. The van der Waals surface area contributed by atoms with Crippen molar-refractivity contribution in [2.45, 2.75) is 18.4 Å². The van der Waals surface area contributed by atoms with Crippen LogP contribution in [0.2, 0.25) is 0 Å². The molecule has 112 valence electrons. The van der Waals surface area contributed by atoms with Gasteiger partial charge in [0.25, 0.3) is 0 Å². The van der Waals surface area contributed by atoms with Gasteiger partial charge in [-0.1, -0.05) is 28.1 Å². The molecule has 0 unspecified atom stereocenters. The van der Waals surface area contributed by atoms with Crippen LogP contribution in [0.5, 0.6) is 0 Å². The summed E-state index contributed by atoms with van der Waals surface area (Å²) in [7, 11) is -2.12. The van der Waals surface area contributed by atoms with Gasteiger partial charge < -0.3 is 0 Å². The van der Waals surface area contributed by atoms with Crippen molar-refractivity contribution >= 4 is 26.0 Å². The molecule has 0 fully saturated rings. The topological polar surface area (TPSA) is 37.4 Å². The second-order valence-electron chi connectivity index (χ2n) is 4.80. The lowest BCUT2D eigenvalue weighted by atomic mass is 10.2. The van der Waals surface area contributed by atoms with Crippen molar-refractivity contribution in [2.24, 2.45) is 0 Å². The van der Waals surface area contributed by atoms with Gasteiger partial charge in [0.1, 0.15) is 5.82 Å². The minimum atomic E-state index is -3.60. The summed E-state index contributed by atoms with van der Waals surface area (Å²) in [4.78, 5) is 0.224. The molecule has 3 nitrogen and oxygen atoms in total. The Morgan fingerprint density at radius 3 is 2.52 bits per heavy atom. The average molecular weight is 372 g/mol. The van der Waals surface area contributed by atoms with Gasteiger partial charge in [0.05, 0.1) is 4.90 Å². The molecule has 0 amide bonds. The van der Waals surface area contributed by atoms with Crippen LogP contribution in [0.15, 0.2) is 51.8 Å². The van der Waals surface area contributed by atoms with E-state index < -0.39 is 10.0 Å². The second kappa shape index (κ2) is 6.25. The SMILES string of the molecule is Cc1cc(S(=O)(=O)N(C)Cc2cccc(F)c2)ccc1Br. The van der Waals surface area contributed by atoms with Crippen molar-refractivity contribution in [3.63, 3.8) is 0 Å². The van der Waals surface area contributed by atoms with Crippen LogP contribution < -0.4 is 0 Å². The van der Waals surface area contributed by atoms with E-state index in [-0.39, 0.29) is 17.3 Å². The molecule has 0 heterocycles. The summed E-state index contributed by atoms with van der Waals surface area (Å²) in [5, 5.41) is 0. The second-order valence-corrected chi connectivity index (χ2v) is 7.70. The molecule has 0 aliphatic carbocycles. The van der Waals surface area contributed by atoms with Crippen molar-refractivity contribution < 1.29 is 12.8 Å². The molecule has 0 aliphatic rings. The van der Waals surface area contributed by atoms with Crippen molar-refractivity contribution in [1.82, 2.24) is 4.31 Å². The fraction of sp³-hybridized carbons (Fsp3) is 0.200. The average Bonchev–Trinajstić information content (AvgIpc) is 2.41. The third kappa shape index (κ3) is 3.70. The molecule has 21 heavy (non-hydrogen) atoms. The van der Waals surface area contributed by atoms with Crippen molar-refractivity contribution in [3.8, 4) is 0 Å². The van der Waals surface area contributed by atoms with Crippen LogP contribution >= 0.6 is 15.9 Å². The van der Waals surface area contributed by atoms with Gasteiger partial charge in [-0.2, -0.15) is 4.31 Å². The number of sulfonamides is 1. The van der Waals surface area contributed by atoms with Crippen LogP contribution in [0.3, 0.4) is 0 Å². The number of aryl methyl sites for hydroxylation is 1. The number of rotatable bonds is 4. The highest BCUT2D eigenvalue weighted by Gasteiger charge is 2.21. The molecule has 0 atom stereocenters. The lowest BCUT2D eigenvalue weighted by Crippen LogP contribution is -2.26. The molecule has 0 bridgehead atoms. The van der Waals surface area contributed by atoms with Gasteiger partial charge in [-0.3, -0.25) is 0 Å². The summed E-state index contributed by atoms with van der Waals surface area (Å²) in [6.45, 7) is 1.95. The Morgan fingerprint density at radius 1 is 1.19 bits per heavy atom. The summed E-state index contributed by atoms with van der Waals surface area (Å²) >= 11 is 3.34. The molecule has 2 aromatic rings. The summed E-state index contributed by atoms with van der Waals surface area (Å²) < 4.78 is 40.2. The molecule has 0 N–H and O–H groups in total. The minimum Gasteiger partial charge on any atom is -0.207 e. The Kier molecular flexibility index (Phi) is 4.81. The van der Waals surface area contributed by atoms with Crippen molar-refractivity contribution in [3.05, 3.63) is 63.9 Å². The van der Waals surface area contributed by atoms with Crippen LogP contribution in [0, 0.1) is 12.7 Å². The van der Waals surface area contributed by atoms with E-state index in [0.29, 0.717) is 5.56 Å². The number of halogens is 2. The van der Waals surface area contributed by atoms with Crippen LogP contribution in [-0.4, -0.2) is 19.8 Å². The molecular weight excluding hydrogens is 357 g/mol. The predicted octanol–water partition coefficient (Wildman–Crippen LogP) is 3.72. The van der Waals surface area contributed by atoms with Gasteiger partial charge in [-0.05, 0) is 48.4 Å². The zero-order chi connectivity index (χ0) is 15.6. The summed E-state index contributed by atoms with van der Waals surface area (Å²) in [6, 6.07) is 10.8. The van der Waals surface area contributed by atoms with E-state index in [1.54, 1.807) is 30.3 Å². The number of hydrogen-bond acceptors (Lipinski definition) is 2. The first-order valence-corrected chi connectivity index (χ1v) is 8.51. The van der Waals surface area contributed by atoms with Crippen LogP contribution in [0.1, 0.15) is 11.1 Å². The molecular formula is C15H15BrFNO2S. The van der Waals surface area contributed by atoms with Crippen molar-refractivity contribution in [2.75, 3.05) is 7.05 Å². The Labute approximate surface area is 132 Å². The summed E-state index contributed by atoms with van der Waals surface area (Å²) in [5.74, 6) is -0.377. The van der Waals surface area contributed by atoms with Crippen LogP contribution in [0.25, 0.3) is 0 Å². The maximum atomic E-state index is 13.2. The summed E-state index contributed by atoms with van der Waals surface area (Å²) in [6.07, 6.45) is 0. The first kappa shape index (κ1) is 16.1. The molecule has 0 saturated carbocycles. The van der Waals surface area contributed by atoms with E-state index in [1.807, 2.05) is 6.92 Å². The van der Waals surface area contributed by atoms with E-state index in [1.165, 1.54) is 23.5 Å². The molecule has 2 rings (SSSR count). The number of nitrogens with zero attached hydrogens (tertiary/aromatic N) is 1. The maximum absolute atomic E-state index is 13.2. The van der Waals surface area contributed by atoms with E-state index in [0.717, 1.165) is 10.0 Å². The minimum absolute atomic E-state index is 0.120. The number of benzene rings is 2. The smallest absolute Gasteiger partial charge is 0.207 e. The lowest BCUT2D eigenvalue weighted by Gasteiger charge is -2.18. The van der Waals surface area contributed by atoms with Gasteiger partial charge in [0.15, 0.2) is 0 Å². The molecule has 0 aromatic heterocycles. The zero-order valence-electron chi connectivity index (χ0n) is 11.7. The zero-order valence-corrected chi connectivity index (χ0v) is 14.1. The molecule has 6 heteroatoms. The Bertz CT molecular complexity index is 762. The number of hydrogen-bond donors (Lipinski definition) is 0. The van der Waals surface area contributed by atoms with Gasteiger partial charge >= 0.3 is 0 Å². The fourth-order valence-corrected chi connectivity index (χ4v) is 3.43. The van der Waals surface area contributed by atoms with Gasteiger partial charge in [-0.25, -0.2) is 12.8 Å². The molecule has 0 saturated heterocycles. The molecule has 0 radical (unpaired) electrons. The predicted molar refractivity (Wildman–Crippen MR) is 83.9 cm³/mol. The standard InChI is InChI=1S/C15H15BrFNO2S/c1-11-8-14(6-7-15(11)16)21(19,20)18(2)10-12-4-3-5-13(17)9-12/h3-9H,10H2,1-2H3. The van der Waals surface area contributed by atoms with E-state index in [9.17, 15) is 12.8 Å². The largest absolute Gasteiger partial charge is 0.243 e. The first-order chi connectivity index (χ1) is 9.80. The van der Waals surface area contributed by atoms with Gasteiger partial charge in [0.2, 0.25) is 10.0 Å². The van der Waals surface area contributed by atoms with E-state index in [4.69, 9.17) is 0 Å². The Hall–Kier alpha value is -1.24. The highest BCUT2D eigenvalue weighted by molar-refractivity contribution is 9.10. The Balaban J connectivity index is 2.28. The highest BCUT2D eigenvalue weighted by Crippen LogP contribution is 2.23. The van der Waals surface area contributed by atoms with Crippen LogP contribution in [0.4, 0.5) is 4.39 Å². The lowest BCUT2D eigenvalue weighted by molar-refractivity contribution is 0.465. The highest BCUT2D eigenvalue weighted by atomic mass is 79.9. The van der Waals surface area contributed by atoms with E-state index >= 15 is 0 Å². The molecule has 2 aromatic carbocycles.